The van der Waals surface area contributed by atoms with Gasteiger partial charge >= 0.3 is 0 Å². The maximum atomic E-state index is 13.7. The van der Waals surface area contributed by atoms with Gasteiger partial charge in [-0.15, -0.1) is 10.2 Å². The summed E-state index contributed by atoms with van der Waals surface area (Å²) in [6, 6.07) is 14.7. The summed E-state index contributed by atoms with van der Waals surface area (Å²) < 4.78 is 26.9. The van der Waals surface area contributed by atoms with Crippen LogP contribution >= 0.6 is 0 Å². The van der Waals surface area contributed by atoms with Crippen LogP contribution in [0.3, 0.4) is 0 Å². The van der Waals surface area contributed by atoms with Crippen LogP contribution in [0.25, 0.3) is 11.3 Å². The lowest BCUT2D eigenvalue weighted by Crippen LogP contribution is -2.49. The molecule has 1 aromatic heterocycles. The Labute approximate surface area is 192 Å². The van der Waals surface area contributed by atoms with E-state index in [1.165, 1.54) is 18.2 Å². The van der Waals surface area contributed by atoms with E-state index in [9.17, 15) is 13.6 Å². The first kappa shape index (κ1) is 21.5. The van der Waals surface area contributed by atoms with Crippen LogP contribution in [0.15, 0.2) is 54.6 Å². The molecule has 0 bridgehead atoms. The molecule has 2 unspecified atom stereocenters. The van der Waals surface area contributed by atoms with Crippen molar-refractivity contribution in [2.75, 3.05) is 22.9 Å². The average Bonchev–Trinajstić information content (AvgIpc) is 2.84. The maximum absolute atomic E-state index is 13.7. The molecule has 1 amide bonds. The van der Waals surface area contributed by atoms with E-state index in [1.54, 1.807) is 24.3 Å². The molecule has 3 aromatic rings. The highest BCUT2D eigenvalue weighted by molar-refractivity contribution is 5.97. The Bertz CT molecular complexity index is 1150. The number of hydrogen-bond acceptors (Lipinski definition) is 4. The third-order valence-corrected chi connectivity index (χ3v) is 6.70. The van der Waals surface area contributed by atoms with Crippen molar-refractivity contribution in [3.8, 4) is 11.3 Å². The number of aromatic nitrogens is 2. The molecule has 0 radical (unpaired) electrons. The Morgan fingerprint density at radius 1 is 0.970 bits per heavy atom. The molecule has 2 aromatic carbocycles. The van der Waals surface area contributed by atoms with Crippen molar-refractivity contribution >= 4 is 17.4 Å². The number of aryl methyl sites for hydroxylation is 1. The molecule has 1 saturated heterocycles. The van der Waals surface area contributed by atoms with Crippen molar-refractivity contribution in [1.29, 1.82) is 0 Å². The lowest BCUT2D eigenvalue weighted by atomic mass is 9.91. The third-order valence-electron chi connectivity index (χ3n) is 6.70. The fourth-order valence-corrected chi connectivity index (χ4v) is 4.91. The van der Waals surface area contributed by atoms with Gasteiger partial charge in [0.2, 0.25) is 5.91 Å². The van der Waals surface area contributed by atoms with Gasteiger partial charge < -0.3 is 9.80 Å². The zero-order chi connectivity index (χ0) is 22.9. The molecule has 2 aliphatic rings. The third kappa shape index (κ3) is 4.32. The molecule has 170 valence electrons. The summed E-state index contributed by atoms with van der Waals surface area (Å²) in [5, 5.41) is 8.70. The van der Waals surface area contributed by atoms with Gasteiger partial charge in [0.05, 0.1) is 11.6 Å². The Hall–Kier alpha value is -3.35. The van der Waals surface area contributed by atoms with E-state index >= 15 is 0 Å². The second-order valence-electron chi connectivity index (χ2n) is 8.94. The van der Waals surface area contributed by atoms with Crippen LogP contribution in [-0.2, 0) is 11.2 Å². The van der Waals surface area contributed by atoms with E-state index in [-0.39, 0.29) is 29.5 Å². The Morgan fingerprint density at radius 3 is 2.52 bits per heavy atom. The van der Waals surface area contributed by atoms with Crippen LogP contribution in [0.2, 0.25) is 0 Å². The summed E-state index contributed by atoms with van der Waals surface area (Å²) >= 11 is 0. The van der Waals surface area contributed by atoms with Gasteiger partial charge in [-0.3, -0.25) is 4.79 Å². The molecule has 0 spiro atoms. The van der Waals surface area contributed by atoms with Gasteiger partial charge in [-0.2, -0.15) is 0 Å². The first-order chi connectivity index (χ1) is 16.0. The molecule has 2 aliphatic heterocycles. The van der Waals surface area contributed by atoms with Crippen molar-refractivity contribution in [3.05, 3.63) is 71.8 Å². The quantitative estimate of drug-likeness (QED) is 0.566. The normalized spacial score (nSPS) is 20.5. The van der Waals surface area contributed by atoms with Gasteiger partial charge in [-0.1, -0.05) is 0 Å². The monoisotopic (exact) mass is 448 g/mol. The molecule has 0 aliphatic carbocycles. The number of carbonyl (C=O) groups is 1. The van der Waals surface area contributed by atoms with Crippen LogP contribution in [0.4, 0.5) is 20.3 Å². The molecule has 3 heterocycles. The second-order valence-corrected chi connectivity index (χ2v) is 8.94. The summed E-state index contributed by atoms with van der Waals surface area (Å²) in [5.41, 5.74) is 3.21. The van der Waals surface area contributed by atoms with E-state index in [2.05, 4.69) is 22.0 Å². The largest absolute Gasteiger partial charge is 0.354 e. The fraction of sp³-hybridized carbons (Fsp3) is 0.346. The molecular weight excluding hydrogens is 422 g/mol. The van der Waals surface area contributed by atoms with Crippen LogP contribution < -0.4 is 9.80 Å². The zero-order valence-electron chi connectivity index (χ0n) is 18.5. The van der Waals surface area contributed by atoms with Crippen molar-refractivity contribution in [1.82, 2.24) is 10.2 Å². The number of anilines is 2. The van der Waals surface area contributed by atoms with Crippen molar-refractivity contribution < 1.29 is 13.6 Å². The number of nitrogens with zero attached hydrogens (tertiary/aromatic N) is 4. The standard InChI is InChI=1S/C26H26F2N4O/c1-17-4-5-19-15-22(28)10-12-24(19)32(17)26(33)20-3-2-14-31(16-20)25-13-11-23(29-30-25)18-6-8-21(27)9-7-18/h6-13,15,17,20H,2-5,14,16H2,1H3. The summed E-state index contributed by atoms with van der Waals surface area (Å²) in [4.78, 5) is 17.6. The number of halogens is 2. The fourth-order valence-electron chi connectivity index (χ4n) is 4.91. The van der Waals surface area contributed by atoms with Crippen LogP contribution in [0.5, 0.6) is 0 Å². The molecule has 5 nitrogen and oxygen atoms in total. The SMILES string of the molecule is CC1CCc2cc(F)ccc2N1C(=O)C1CCCN(c2ccc(-c3ccc(F)cc3)nn2)C1. The number of hydrogen-bond donors (Lipinski definition) is 0. The summed E-state index contributed by atoms with van der Waals surface area (Å²) in [5.74, 6) is 0.115. The predicted octanol–water partition coefficient (Wildman–Crippen LogP) is 5.01. The highest BCUT2D eigenvalue weighted by Crippen LogP contribution is 2.34. The van der Waals surface area contributed by atoms with E-state index in [0.29, 0.717) is 12.2 Å². The van der Waals surface area contributed by atoms with Gasteiger partial charge in [0.1, 0.15) is 11.6 Å². The van der Waals surface area contributed by atoms with E-state index in [4.69, 9.17) is 0 Å². The van der Waals surface area contributed by atoms with Crippen LogP contribution in [0.1, 0.15) is 31.7 Å². The summed E-state index contributed by atoms with van der Waals surface area (Å²) in [6.45, 7) is 3.44. The first-order valence-electron chi connectivity index (χ1n) is 11.5. The molecule has 0 N–H and O–H groups in total. The minimum Gasteiger partial charge on any atom is -0.354 e. The molecular formula is C26H26F2N4O. The van der Waals surface area contributed by atoms with E-state index in [1.807, 2.05) is 17.0 Å². The Kier molecular flexibility index (Phi) is 5.79. The number of fused-ring (bicyclic) bond motifs is 1. The zero-order valence-corrected chi connectivity index (χ0v) is 18.5. The van der Waals surface area contributed by atoms with E-state index < -0.39 is 0 Å². The van der Waals surface area contributed by atoms with Gasteiger partial charge in [-0.25, -0.2) is 8.78 Å². The summed E-state index contributed by atoms with van der Waals surface area (Å²) in [6.07, 6.45) is 3.31. The topological polar surface area (TPSA) is 49.3 Å². The Morgan fingerprint density at radius 2 is 1.76 bits per heavy atom. The maximum Gasteiger partial charge on any atom is 0.232 e. The molecule has 7 heteroatoms. The molecule has 2 atom stereocenters. The lowest BCUT2D eigenvalue weighted by Gasteiger charge is -2.40. The van der Waals surface area contributed by atoms with Gasteiger partial charge in [-0.05, 0) is 92.8 Å². The molecule has 5 rings (SSSR count). The number of carbonyl (C=O) groups excluding carboxylic acids is 1. The highest BCUT2D eigenvalue weighted by Gasteiger charge is 2.35. The lowest BCUT2D eigenvalue weighted by molar-refractivity contribution is -0.123. The van der Waals surface area contributed by atoms with E-state index in [0.717, 1.165) is 54.9 Å². The van der Waals surface area contributed by atoms with Crippen molar-refractivity contribution in [2.24, 2.45) is 5.92 Å². The number of amides is 1. The molecule has 0 saturated carbocycles. The van der Waals surface area contributed by atoms with Crippen LogP contribution in [0, 0.1) is 17.6 Å². The molecule has 33 heavy (non-hydrogen) atoms. The number of rotatable bonds is 3. The van der Waals surface area contributed by atoms with Crippen molar-refractivity contribution in [2.45, 2.75) is 38.6 Å². The highest BCUT2D eigenvalue weighted by atomic mass is 19.1. The van der Waals surface area contributed by atoms with Gasteiger partial charge in [0.15, 0.2) is 5.82 Å². The average molecular weight is 449 g/mol. The number of piperidine rings is 1. The first-order valence-corrected chi connectivity index (χ1v) is 11.5. The second kappa shape index (κ2) is 8.89. The van der Waals surface area contributed by atoms with Gasteiger partial charge in [0, 0.05) is 30.4 Å². The smallest absolute Gasteiger partial charge is 0.232 e. The summed E-state index contributed by atoms with van der Waals surface area (Å²) in [7, 11) is 0. The minimum atomic E-state index is -0.289. The Balaban J connectivity index is 1.33. The molecule has 1 fully saturated rings. The van der Waals surface area contributed by atoms with Crippen molar-refractivity contribution in [3.63, 3.8) is 0 Å². The number of benzene rings is 2. The minimum absolute atomic E-state index is 0.0839. The van der Waals surface area contributed by atoms with Crippen LogP contribution in [-0.4, -0.2) is 35.2 Å². The van der Waals surface area contributed by atoms with Gasteiger partial charge in [0.25, 0.3) is 0 Å². The predicted molar refractivity (Wildman–Crippen MR) is 124 cm³/mol.